The van der Waals surface area contributed by atoms with Crippen LogP contribution in [0.4, 0.5) is 5.95 Å². The second kappa shape index (κ2) is 7.77. The van der Waals surface area contributed by atoms with Gasteiger partial charge in [-0.15, -0.1) is 0 Å². The number of nitrogens with zero attached hydrogens (tertiary/aromatic N) is 2. The minimum absolute atomic E-state index is 0.166. The molecule has 3 rings (SSSR count). The van der Waals surface area contributed by atoms with E-state index in [1.807, 2.05) is 13.8 Å². The number of H-pyrrole nitrogens is 1. The Bertz CT molecular complexity index is 986. The monoisotopic (exact) mass is 385 g/mol. The lowest BCUT2D eigenvalue weighted by molar-refractivity contribution is 0.0911. The Morgan fingerprint density at radius 2 is 2.15 bits per heavy atom. The molecule has 0 aliphatic rings. The maximum Gasteiger partial charge on any atom is 0.268 e. The Balaban J connectivity index is 1.90. The van der Waals surface area contributed by atoms with Gasteiger partial charge in [-0.05, 0) is 43.2 Å². The zero-order valence-electron chi connectivity index (χ0n) is 15.0. The molecule has 8 heteroatoms. The van der Waals surface area contributed by atoms with Crippen LogP contribution in [0.1, 0.15) is 33.4 Å². The molecular formula is C19H20ClN5O2. The van der Waals surface area contributed by atoms with Crippen molar-refractivity contribution >= 4 is 23.5 Å². The third kappa shape index (κ3) is 3.94. The number of nitrogens with two attached hydrogens (primary N) is 1. The van der Waals surface area contributed by atoms with Crippen molar-refractivity contribution in [3.63, 3.8) is 0 Å². The molecule has 1 amide bonds. The van der Waals surface area contributed by atoms with Crippen molar-refractivity contribution in [3.05, 3.63) is 64.1 Å². The molecule has 2 aromatic heterocycles. The van der Waals surface area contributed by atoms with E-state index in [9.17, 15) is 9.90 Å². The Kier molecular flexibility index (Phi) is 5.43. The summed E-state index contributed by atoms with van der Waals surface area (Å²) < 4.78 is 0. The third-order valence-corrected chi connectivity index (χ3v) is 4.57. The van der Waals surface area contributed by atoms with Gasteiger partial charge in [0.15, 0.2) is 0 Å². The van der Waals surface area contributed by atoms with Crippen LogP contribution < -0.4 is 11.1 Å². The first-order chi connectivity index (χ1) is 12.9. The van der Waals surface area contributed by atoms with Gasteiger partial charge < -0.3 is 21.1 Å². The maximum absolute atomic E-state index is 12.8. The van der Waals surface area contributed by atoms with Crippen LogP contribution in [-0.2, 0) is 0 Å². The van der Waals surface area contributed by atoms with Crippen LogP contribution in [0.25, 0.3) is 11.3 Å². The van der Waals surface area contributed by atoms with Gasteiger partial charge in [0.25, 0.3) is 5.91 Å². The molecule has 0 unspecified atom stereocenters. The highest BCUT2D eigenvalue weighted by Crippen LogP contribution is 2.28. The number of carbonyl (C=O) groups excluding carboxylic acids is 1. The molecule has 0 spiro atoms. The Morgan fingerprint density at radius 1 is 1.37 bits per heavy atom. The molecule has 5 N–H and O–H groups in total. The standard InChI is InChI=1S/C19H20ClN5O2/c1-10-16(14-6-7-22-19(21)25-14)11(2)23-17(10)18(27)24-15(9-26)12-4-3-5-13(20)8-12/h3-8,15,23,26H,9H2,1-2H3,(H,24,27)(H2,21,22,25)/t15-/m1/s1. The lowest BCUT2D eigenvalue weighted by atomic mass is 10.1. The molecular weight excluding hydrogens is 366 g/mol. The van der Waals surface area contributed by atoms with Crippen molar-refractivity contribution in [1.82, 2.24) is 20.3 Å². The molecule has 0 aliphatic heterocycles. The summed E-state index contributed by atoms with van der Waals surface area (Å²) in [4.78, 5) is 24.0. The number of hydrogen-bond donors (Lipinski definition) is 4. The summed E-state index contributed by atoms with van der Waals surface area (Å²) in [7, 11) is 0. The lowest BCUT2D eigenvalue weighted by Crippen LogP contribution is -2.31. The fourth-order valence-electron chi connectivity index (χ4n) is 3.06. The number of aromatic amines is 1. The second-order valence-corrected chi connectivity index (χ2v) is 6.63. The molecule has 27 heavy (non-hydrogen) atoms. The van der Waals surface area contributed by atoms with E-state index in [2.05, 4.69) is 20.3 Å². The SMILES string of the molecule is Cc1[nH]c(C(=O)N[C@H](CO)c2cccc(Cl)c2)c(C)c1-c1ccnc(N)n1. The van der Waals surface area contributed by atoms with Crippen molar-refractivity contribution in [2.75, 3.05) is 12.3 Å². The predicted octanol–water partition coefficient (Wildman–Crippen LogP) is 2.79. The van der Waals surface area contributed by atoms with E-state index >= 15 is 0 Å². The van der Waals surface area contributed by atoms with E-state index in [-0.39, 0.29) is 18.5 Å². The molecule has 3 aromatic rings. The third-order valence-electron chi connectivity index (χ3n) is 4.33. The Morgan fingerprint density at radius 3 is 2.81 bits per heavy atom. The number of carbonyl (C=O) groups is 1. The molecule has 7 nitrogen and oxygen atoms in total. The summed E-state index contributed by atoms with van der Waals surface area (Å²) in [5.41, 5.74) is 9.78. The lowest BCUT2D eigenvalue weighted by Gasteiger charge is -2.17. The number of aliphatic hydroxyl groups is 1. The smallest absolute Gasteiger partial charge is 0.268 e. The number of nitrogens with one attached hydrogen (secondary N) is 2. The van der Waals surface area contributed by atoms with E-state index < -0.39 is 6.04 Å². The Labute approximate surface area is 161 Å². The summed E-state index contributed by atoms with van der Waals surface area (Å²) in [6, 6.07) is 8.19. The predicted molar refractivity (Wildman–Crippen MR) is 104 cm³/mol. The van der Waals surface area contributed by atoms with Crippen molar-refractivity contribution in [2.24, 2.45) is 0 Å². The van der Waals surface area contributed by atoms with Crippen molar-refractivity contribution < 1.29 is 9.90 Å². The number of nitrogen functional groups attached to an aromatic ring is 1. The van der Waals surface area contributed by atoms with E-state index in [1.54, 1.807) is 36.5 Å². The summed E-state index contributed by atoms with van der Waals surface area (Å²) in [6.45, 7) is 3.44. The second-order valence-electron chi connectivity index (χ2n) is 6.19. The number of aryl methyl sites for hydroxylation is 1. The van der Waals surface area contributed by atoms with Gasteiger partial charge in [0.2, 0.25) is 5.95 Å². The first kappa shape index (κ1) is 18.9. The number of benzene rings is 1. The minimum Gasteiger partial charge on any atom is -0.394 e. The number of amides is 1. The van der Waals surface area contributed by atoms with Crippen molar-refractivity contribution in [1.29, 1.82) is 0 Å². The normalized spacial score (nSPS) is 12.0. The van der Waals surface area contributed by atoms with E-state index in [1.165, 1.54) is 0 Å². The topological polar surface area (TPSA) is 117 Å². The highest BCUT2D eigenvalue weighted by molar-refractivity contribution is 6.30. The van der Waals surface area contributed by atoms with Crippen LogP contribution in [-0.4, -0.2) is 32.6 Å². The van der Waals surface area contributed by atoms with Crippen molar-refractivity contribution in [2.45, 2.75) is 19.9 Å². The molecule has 0 saturated heterocycles. The van der Waals surface area contributed by atoms with Crippen LogP contribution in [0.2, 0.25) is 5.02 Å². The molecule has 0 saturated carbocycles. The van der Waals surface area contributed by atoms with Gasteiger partial charge in [-0.3, -0.25) is 4.79 Å². The van der Waals surface area contributed by atoms with E-state index in [4.69, 9.17) is 17.3 Å². The van der Waals surface area contributed by atoms with E-state index in [0.29, 0.717) is 16.4 Å². The van der Waals surface area contributed by atoms with Crippen LogP contribution in [0.15, 0.2) is 36.5 Å². The number of rotatable bonds is 5. The van der Waals surface area contributed by atoms with Crippen LogP contribution in [0.3, 0.4) is 0 Å². The molecule has 1 atom stereocenters. The molecule has 0 fully saturated rings. The highest BCUT2D eigenvalue weighted by Gasteiger charge is 2.22. The van der Waals surface area contributed by atoms with Gasteiger partial charge in [0.05, 0.1) is 18.3 Å². The number of aromatic nitrogens is 3. The van der Waals surface area contributed by atoms with Gasteiger partial charge in [-0.1, -0.05) is 23.7 Å². The molecule has 0 aliphatic carbocycles. The summed E-state index contributed by atoms with van der Waals surface area (Å²) >= 11 is 6.01. The quantitative estimate of drug-likeness (QED) is 0.538. The number of halogens is 1. The molecule has 140 valence electrons. The highest BCUT2D eigenvalue weighted by atomic mass is 35.5. The molecule has 2 heterocycles. The minimum atomic E-state index is -0.572. The first-order valence-electron chi connectivity index (χ1n) is 8.36. The summed E-state index contributed by atoms with van der Waals surface area (Å²) in [5.74, 6) is -0.164. The number of hydrogen-bond acceptors (Lipinski definition) is 5. The molecule has 0 radical (unpaired) electrons. The van der Waals surface area contributed by atoms with Gasteiger partial charge in [-0.25, -0.2) is 9.97 Å². The fraction of sp³-hybridized carbons (Fsp3) is 0.211. The molecule has 1 aromatic carbocycles. The van der Waals surface area contributed by atoms with Gasteiger partial charge in [-0.2, -0.15) is 0 Å². The maximum atomic E-state index is 12.8. The zero-order chi connectivity index (χ0) is 19.6. The fourth-order valence-corrected chi connectivity index (χ4v) is 3.26. The van der Waals surface area contributed by atoms with Crippen molar-refractivity contribution in [3.8, 4) is 11.3 Å². The van der Waals surface area contributed by atoms with Crippen LogP contribution in [0.5, 0.6) is 0 Å². The molecule has 0 bridgehead atoms. The first-order valence-corrected chi connectivity index (χ1v) is 8.73. The largest absolute Gasteiger partial charge is 0.394 e. The van der Waals surface area contributed by atoms with E-state index in [0.717, 1.165) is 22.4 Å². The summed E-state index contributed by atoms with van der Waals surface area (Å²) in [5, 5.41) is 13.1. The van der Waals surface area contributed by atoms with Crippen LogP contribution >= 0.6 is 11.6 Å². The van der Waals surface area contributed by atoms with Gasteiger partial charge in [0.1, 0.15) is 5.69 Å². The van der Waals surface area contributed by atoms with Gasteiger partial charge in [0, 0.05) is 22.5 Å². The average Bonchev–Trinajstić information content (AvgIpc) is 2.94. The zero-order valence-corrected chi connectivity index (χ0v) is 15.7. The number of anilines is 1. The Hall–Kier alpha value is -2.90. The summed E-state index contributed by atoms with van der Waals surface area (Å²) in [6.07, 6.45) is 1.57. The van der Waals surface area contributed by atoms with Gasteiger partial charge >= 0.3 is 0 Å². The van der Waals surface area contributed by atoms with Crippen LogP contribution in [0, 0.1) is 13.8 Å². The average molecular weight is 386 g/mol. The number of aliphatic hydroxyl groups excluding tert-OH is 1.